The summed E-state index contributed by atoms with van der Waals surface area (Å²) in [5.74, 6) is 2.48. The molecule has 4 nitrogen and oxygen atoms in total. The molecule has 4 rings (SSSR count). The van der Waals surface area contributed by atoms with Crippen LogP contribution in [0.15, 0.2) is 77.2 Å². The average molecular weight is 400 g/mol. The van der Waals surface area contributed by atoms with E-state index < -0.39 is 0 Å². The van der Waals surface area contributed by atoms with E-state index in [1.54, 1.807) is 7.11 Å². The first-order valence-corrected chi connectivity index (χ1v) is 10.2. The van der Waals surface area contributed by atoms with Gasteiger partial charge in [0.15, 0.2) is 0 Å². The first-order valence-electron chi connectivity index (χ1n) is 10.2. The normalized spacial score (nSPS) is 11.6. The van der Waals surface area contributed by atoms with Crippen molar-refractivity contribution in [1.29, 1.82) is 0 Å². The molecule has 0 unspecified atom stereocenters. The molecule has 0 aliphatic rings. The summed E-state index contributed by atoms with van der Waals surface area (Å²) in [6.07, 6.45) is 0.971. The van der Waals surface area contributed by atoms with Crippen LogP contribution in [0, 0.1) is 0 Å². The van der Waals surface area contributed by atoms with Crippen LogP contribution in [0.2, 0.25) is 0 Å². The fourth-order valence-corrected chi connectivity index (χ4v) is 3.41. The lowest BCUT2D eigenvalue weighted by Gasteiger charge is -2.06. The van der Waals surface area contributed by atoms with Crippen LogP contribution in [0.4, 0.5) is 5.69 Å². The Hall–Kier alpha value is -3.53. The van der Waals surface area contributed by atoms with Crippen LogP contribution in [0.5, 0.6) is 11.5 Å². The lowest BCUT2D eigenvalue weighted by atomic mass is 10.1. The van der Waals surface area contributed by atoms with Gasteiger partial charge in [0.25, 0.3) is 0 Å². The van der Waals surface area contributed by atoms with Crippen molar-refractivity contribution in [3.63, 3.8) is 0 Å². The van der Waals surface area contributed by atoms with E-state index >= 15 is 0 Å². The van der Waals surface area contributed by atoms with Crippen LogP contribution >= 0.6 is 0 Å². The van der Waals surface area contributed by atoms with Gasteiger partial charge < -0.3 is 13.9 Å². The van der Waals surface area contributed by atoms with E-state index in [1.807, 2.05) is 61.5 Å². The number of aryl methyl sites for hydroxylation is 1. The van der Waals surface area contributed by atoms with Gasteiger partial charge in [-0.3, -0.25) is 0 Å². The second-order valence-corrected chi connectivity index (χ2v) is 7.02. The first-order chi connectivity index (χ1) is 14.7. The molecule has 4 heteroatoms. The van der Waals surface area contributed by atoms with Crippen molar-refractivity contribution < 1.29 is 18.9 Å². The van der Waals surface area contributed by atoms with Crippen LogP contribution < -0.4 is 19.8 Å². The van der Waals surface area contributed by atoms with Gasteiger partial charge in [-0.1, -0.05) is 13.0 Å². The molecule has 0 spiro atoms. The Morgan fingerprint density at radius 1 is 0.833 bits per heavy atom. The van der Waals surface area contributed by atoms with Gasteiger partial charge in [-0.2, -0.15) is 0 Å². The summed E-state index contributed by atoms with van der Waals surface area (Å²) in [7, 11) is 1.67. The molecule has 0 amide bonds. The Morgan fingerprint density at radius 2 is 1.57 bits per heavy atom. The molecule has 0 radical (unpaired) electrons. The molecular weight excluding hydrogens is 374 g/mol. The van der Waals surface area contributed by atoms with E-state index in [1.165, 1.54) is 5.56 Å². The molecule has 1 N–H and O–H groups in total. The van der Waals surface area contributed by atoms with Crippen LogP contribution in [-0.4, -0.2) is 13.7 Å². The van der Waals surface area contributed by atoms with Gasteiger partial charge in [-0.15, -0.1) is 0 Å². The summed E-state index contributed by atoms with van der Waals surface area (Å²) >= 11 is 0. The Morgan fingerprint density at radius 3 is 2.23 bits per heavy atom. The quantitative estimate of drug-likeness (QED) is 0.522. The topological polar surface area (TPSA) is 45.6 Å². The van der Waals surface area contributed by atoms with E-state index in [0.717, 1.165) is 51.3 Å². The zero-order chi connectivity index (χ0) is 20.9. The van der Waals surface area contributed by atoms with Gasteiger partial charge in [0.2, 0.25) is 11.0 Å². The van der Waals surface area contributed by atoms with Gasteiger partial charge >= 0.3 is 0 Å². The summed E-state index contributed by atoms with van der Waals surface area (Å²) < 4.78 is 17.1. The molecule has 0 saturated heterocycles. The number of hydrogen-bond acceptors (Lipinski definition) is 3. The maximum atomic E-state index is 6.25. The number of methoxy groups -OCH3 is 1. The fourth-order valence-electron chi connectivity index (χ4n) is 3.41. The van der Waals surface area contributed by atoms with Crippen molar-refractivity contribution in [3.05, 3.63) is 83.7 Å². The van der Waals surface area contributed by atoms with E-state index in [-0.39, 0.29) is 0 Å². The molecule has 0 aliphatic heterocycles. The molecule has 152 valence electrons. The highest BCUT2D eigenvalue weighted by molar-refractivity contribution is 5.79. The molecule has 3 aromatic carbocycles. The lowest BCUT2D eigenvalue weighted by Crippen LogP contribution is -2.70. The third-order valence-corrected chi connectivity index (χ3v) is 5.06. The molecule has 4 aromatic rings. The van der Waals surface area contributed by atoms with Crippen LogP contribution in [0.1, 0.15) is 19.4 Å². The number of hydrogen-bond donors (Lipinski definition) is 1. The fraction of sp³-hybridized carbons (Fsp3) is 0.192. The predicted molar refractivity (Wildman–Crippen MR) is 119 cm³/mol. The maximum absolute atomic E-state index is 6.25. The summed E-state index contributed by atoms with van der Waals surface area (Å²) in [6.45, 7) is 4.80. The van der Waals surface area contributed by atoms with E-state index in [2.05, 4.69) is 30.1 Å². The van der Waals surface area contributed by atoms with Gasteiger partial charge in [0, 0.05) is 17.7 Å². The van der Waals surface area contributed by atoms with Gasteiger partial charge in [0.1, 0.15) is 22.8 Å². The van der Waals surface area contributed by atoms with Crippen LogP contribution in [0.25, 0.3) is 22.3 Å². The number of fused-ring (bicyclic) bond motifs is 1. The largest absolute Gasteiger partial charge is 0.497 e. The van der Waals surface area contributed by atoms with Crippen molar-refractivity contribution >= 4 is 16.7 Å². The summed E-state index contributed by atoms with van der Waals surface area (Å²) in [5.41, 5.74) is 4.10. The minimum atomic E-state index is 0.655. The number of nitrogens with one attached hydrogen (secondary N) is 1. The SMILES string of the molecule is CCOc1ccc([NH+]=c2cc(-c3ccc(OC)cc3)oc3ccc(CC)cc23)cc1. The minimum absolute atomic E-state index is 0.655. The summed E-state index contributed by atoms with van der Waals surface area (Å²) in [4.78, 5) is 3.56. The molecular formula is C26H26NO3+. The minimum Gasteiger partial charge on any atom is -0.497 e. The highest BCUT2D eigenvalue weighted by atomic mass is 16.5. The molecule has 30 heavy (non-hydrogen) atoms. The average Bonchev–Trinajstić information content (AvgIpc) is 2.80. The molecule has 0 saturated carbocycles. The highest BCUT2D eigenvalue weighted by Crippen LogP contribution is 2.24. The zero-order valence-corrected chi connectivity index (χ0v) is 17.6. The van der Waals surface area contributed by atoms with Crippen molar-refractivity contribution in [2.45, 2.75) is 20.3 Å². The first kappa shape index (κ1) is 19.8. The highest BCUT2D eigenvalue weighted by Gasteiger charge is 2.11. The van der Waals surface area contributed by atoms with E-state index in [4.69, 9.17) is 13.9 Å². The molecule has 0 bridgehead atoms. The second kappa shape index (κ2) is 8.87. The van der Waals surface area contributed by atoms with Crippen LogP contribution in [-0.2, 0) is 6.42 Å². The molecule has 0 fully saturated rings. The van der Waals surface area contributed by atoms with Gasteiger partial charge in [-0.05, 0) is 67.4 Å². The molecule has 0 aliphatic carbocycles. The standard InChI is InChI=1S/C26H25NO3/c1-4-18-6-15-25-23(16-18)24(27-20-9-13-22(14-10-20)29-5-2)17-26(30-25)19-7-11-21(28-3)12-8-19/h6-17H,4-5H2,1-3H3/p+1. The smallest absolute Gasteiger partial charge is 0.218 e. The Balaban J connectivity index is 1.87. The summed E-state index contributed by atoms with van der Waals surface area (Å²) in [6, 6.07) is 24.3. The Labute approximate surface area is 176 Å². The molecule has 1 heterocycles. The number of ether oxygens (including phenoxy) is 2. The monoisotopic (exact) mass is 400 g/mol. The lowest BCUT2D eigenvalue weighted by molar-refractivity contribution is -0.400. The summed E-state index contributed by atoms with van der Waals surface area (Å²) in [5, 5.41) is 2.06. The third-order valence-electron chi connectivity index (χ3n) is 5.06. The van der Waals surface area contributed by atoms with Crippen molar-refractivity contribution in [1.82, 2.24) is 0 Å². The Kier molecular flexibility index (Phi) is 5.84. The molecule has 1 aromatic heterocycles. The third kappa shape index (κ3) is 4.23. The zero-order valence-electron chi connectivity index (χ0n) is 17.6. The maximum Gasteiger partial charge on any atom is 0.218 e. The van der Waals surface area contributed by atoms with E-state index in [0.29, 0.717) is 6.61 Å². The van der Waals surface area contributed by atoms with Gasteiger partial charge in [0.05, 0.1) is 25.2 Å². The van der Waals surface area contributed by atoms with Crippen molar-refractivity contribution in [2.24, 2.45) is 0 Å². The van der Waals surface area contributed by atoms with Crippen molar-refractivity contribution in [2.75, 3.05) is 13.7 Å². The van der Waals surface area contributed by atoms with Crippen LogP contribution in [0.3, 0.4) is 0 Å². The number of rotatable bonds is 6. The van der Waals surface area contributed by atoms with Gasteiger partial charge in [-0.25, -0.2) is 4.99 Å². The molecule has 0 atom stereocenters. The van der Waals surface area contributed by atoms with E-state index in [9.17, 15) is 0 Å². The second-order valence-electron chi connectivity index (χ2n) is 7.02. The predicted octanol–water partition coefficient (Wildman–Crippen LogP) is 4.38. The van der Waals surface area contributed by atoms with Crippen molar-refractivity contribution in [3.8, 4) is 22.8 Å². The number of benzene rings is 3. The Bertz CT molecular complexity index is 1210.